The third-order valence-electron chi connectivity index (χ3n) is 5.20. The Balaban J connectivity index is 1.53. The number of carbonyl (C=O) groups excluding carboxylic acids is 1. The first-order valence-electron chi connectivity index (χ1n) is 10.1. The van der Waals surface area contributed by atoms with Crippen LogP contribution in [0.5, 0.6) is 0 Å². The maximum atomic E-state index is 11.7. The van der Waals surface area contributed by atoms with Gasteiger partial charge in [-0.3, -0.25) is 0 Å². The number of aryl methyl sites for hydroxylation is 2. The maximum absolute atomic E-state index is 11.7. The van der Waals surface area contributed by atoms with E-state index in [2.05, 4.69) is 79.2 Å². The lowest BCUT2D eigenvalue weighted by Crippen LogP contribution is -2.34. The van der Waals surface area contributed by atoms with Crippen LogP contribution >= 0.6 is 0 Å². The SMILES string of the molecule is Cc1ccc(-n2cc(CNCCN3CCNC3=O)c(-c3cccc(C)c3)n2)cc1. The third kappa shape index (κ3) is 4.49. The maximum Gasteiger partial charge on any atom is 0.317 e. The average molecular weight is 390 g/mol. The number of benzene rings is 2. The third-order valence-corrected chi connectivity index (χ3v) is 5.20. The lowest BCUT2D eigenvalue weighted by atomic mass is 10.1. The molecule has 6 heteroatoms. The lowest BCUT2D eigenvalue weighted by molar-refractivity contribution is 0.217. The minimum Gasteiger partial charge on any atom is -0.336 e. The lowest BCUT2D eigenvalue weighted by Gasteiger charge is -2.14. The van der Waals surface area contributed by atoms with Crippen LogP contribution in [0.25, 0.3) is 16.9 Å². The number of nitrogens with one attached hydrogen (secondary N) is 2. The van der Waals surface area contributed by atoms with E-state index in [4.69, 9.17) is 5.10 Å². The van der Waals surface area contributed by atoms with E-state index in [9.17, 15) is 4.79 Å². The molecule has 29 heavy (non-hydrogen) atoms. The second-order valence-electron chi connectivity index (χ2n) is 7.55. The van der Waals surface area contributed by atoms with Crippen molar-refractivity contribution >= 4 is 6.03 Å². The van der Waals surface area contributed by atoms with E-state index in [1.54, 1.807) is 0 Å². The Morgan fingerprint density at radius 1 is 1.10 bits per heavy atom. The zero-order chi connectivity index (χ0) is 20.2. The molecule has 3 aromatic rings. The molecule has 0 radical (unpaired) electrons. The molecule has 6 nitrogen and oxygen atoms in total. The summed E-state index contributed by atoms with van der Waals surface area (Å²) in [6.07, 6.45) is 2.10. The first-order valence-corrected chi connectivity index (χ1v) is 10.1. The van der Waals surface area contributed by atoms with E-state index in [0.29, 0.717) is 13.1 Å². The van der Waals surface area contributed by atoms with Crippen molar-refractivity contribution < 1.29 is 4.79 Å². The molecule has 2 aromatic carbocycles. The van der Waals surface area contributed by atoms with Crippen molar-refractivity contribution in [3.63, 3.8) is 0 Å². The summed E-state index contributed by atoms with van der Waals surface area (Å²) in [5.74, 6) is 0. The molecule has 1 fully saturated rings. The normalized spacial score (nSPS) is 13.7. The molecule has 0 bridgehead atoms. The highest BCUT2D eigenvalue weighted by atomic mass is 16.2. The highest BCUT2D eigenvalue weighted by molar-refractivity contribution is 5.76. The zero-order valence-electron chi connectivity index (χ0n) is 17.0. The Kier molecular flexibility index (Phi) is 5.62. The Morgan fingerprint density at radius 3 is 2.66 bits per heavy atom. The monoisotopic (exact) mass is 389 g/mol. The van der Waals surface area contributed by atoms with Gasteiger partial charge in [-0.2, -0.15) is 5.10 Å². The van der Waals surface area contributed by atoms with E-state index < -0.39 is 0 Å². The van der Waals surface area contributed by atoms with Gasteiger partial charge in [0.1, 0.15) is 0 Å². The molecule has 0 atom stereocenters. The number of carbonyl (C=O) groups is 1. The Bertz CT molecular complexity index is 993. The molecule has 2 heterocycles. The van der Waals surface area contributed by atoms with E-state index in [0.717, 1.165) is 42.1 Å². The molecular formula is C23H27N5O. The number of aromatic nitrogens is 2. The quantitative estimate of drug-likeness (QED) is 0.610. The van der Waals surface area contributed by atoms with Crippen LogP contribution in [0, 0.1) is 13.8 Å². The molecule has 1 aliphatic heterocycles. The summed E-state index contributed by atoms with van der Waals surface area (Å²) >= 11 is 0. The minimum absolute atomic E-state index is 0.0273. The fraction of sp³-hybridized carbons (Fsp3) is 0.304. The van der Waals surface area contributed by atoms with Crippen LogP contribution in [-0.2, 0) is 6.54 Å². The fourth-order valence-electron chi connectivity index (χ4n) is 3.57. The number of nitrogens with zero attached hydrogens (tertiary/aromatic N) is 3. The van der Waals surface area contributed by atoms with Gasteiger partial charge in [0, 0.05) is 50.0 Å². The van der Waals surface area contributed by atoms with Gasteiger partial charge in [-0.05, 0) is 32.0 Å². The molecule has 1 aromatic heterocycles. The molecule has 0 spiro atoms. The minimum atomic E-state index is 0.0273. The second-order valence-corrected chi connectivity index (χ2v) is 7.55. The van der Waals surface area contributed by atoms with Crippen molar-refractivity contribution in [2.75, 3.05) is 26.2 Å². The van der Waals surface area contributed by atoms with Gasteiger partial charge in [0.05, 0.1) is 11.4 Å². The van der Waals surface area contributed by atoms with Gasteiger partial charge < -0.3 is 15.5 Å². The van der Waals surface area contributed by atoms with Crippen LogP contribution in [0.3, 0.4) is 0 Å². The van der Waals surface area contributed by atoms with E-state index in [1.807, 2.05) is 9.58 Å². The Labute approximate surface area is 171 Å². The van der Waals surface area contributed by atoms with Crippen molar-refractivity contribution in [3.8, 4) is 16.9 Å². The van der Waals surface area contributed by atoms with Crippen LogP contribution < -0.4 is 10.6 Å². The van der Waals surface area contributed by atoms with Crippen LogP contribution in [0.4, 0.5) is 4.79 Å². The summed E-state index contributed by atoms with van der Waals surface area (Å²) in [4.78, 5) is 13.5. The highest BCUT2D eigenvalue weighted by Crippen LogP contribution is 2.24. The zero-order valence-corrected chi connectivity index (χ0v) is 17.0. The van der Waals surface area contributed by atoms with Gasteiger partial charge in [0.2, 0.25) is 0 Å². The van der Waals surface area contributed by atoms with Gasteiger partial charge in [-0.15, -0.1) is 0 Å². The molecule has 2 N–H and O–H groups in total. The smallest absolute Gasteiger partial charge is 0.317 e. The summed E-state index contributed by atoms with van der Waals surface area (Å²) in [7, 11) is 0. The van der Waals surface area contributed by atoms with Crippen molar-refractivity contribution in [1.29, 1.82) is 0 Å². The van der Waals surface area contributed by atoms with Crippen molar-refractivity contribution in [2.24, 2.45) is 0 Å². The van der Waals surface area contributed by atoms with Crippen molar-refractivity contribution in [2.45, 2.75) is 20.4 Å². The topological polar surface area (TPSA) is 62.2 Å². The molecule has 0 aliphatic carbocycles. The summed E-state index contributed by atoms with van der Waals surface area (Å²) in [5.41, 5.74) is 6.73. The van der Waals surface area contributed by atoms with Gasteiger partial charge >= 0.3 is 6.03 Å². The average Bonchev–Trinajstić information content (AvgIpc) is 3.32. The second kappa shape index (κ2) is 8.49. The number of hydrogen-bond donors (Lipinski definition) is 2. The van der Waals surface area contributed by atoms with Crippen molar-refractivity contribution in [1.82, 2.24) is 25.3 Å². The molecule has 0 unspecified atom stereocenters. The summed E-state index contributed by atoms with van der Waals surface area (Å²) in [6.45, 7) is 7.85. The first kappa shape index (κ1) is 19.2. The van der Waals surface area contributed by atoms with Crippen molar-refractivity contribution in [3.05, 3.63) is 71.4 Å². The summed E-state index contributed by atoms with van der Waals surface area (Å²) < 4.78 is 1.95. The van der Waals surface area contributed by atoms with E-state index in [1.165, 1.54) is 11.1 Å². The van der Waals surface area contributed by atoms with Gasteiger partial charge in [-0.1, -0.05) is 41.5 Å². The summed E-state index contributed by atoms with van der Waals surface area (Å²) in [6, 6.07) is 16.8. The highest BCUT2D eigenvalue weighted by Gasteiger charge is 2.18. The first-order chi connectivity index (χ1) is 14.1. The van der Waals surface area contributed by atoms with Crippen LogP contribution in [0.15, 0.2) is 54.7 Å². The predicted octanol–water partition coefficient (Wildman–Crippen LogP) is 3.27. The van der Waals surface area contributed by atoms with Crippen LogP contribution in [0.2, 0.25) is 0 Å². The molecule has 4 rings (SSSR count). The molecule has 1 saturated heterocycles. The Hall–Kier alpha value is -3.12. The molecule has 0 saturated carbocycles. The standard InChI is InChI=1S/C23H27N5O/c1-17-6-8-21(9-7-17)28-16-20(15-24-10-12-27-13-11-25-23(27)29)22(26-28)19-5-3-4-18(2)14-19/h3-9,14,16,24H,10-13,15H2,1-2H3,(H,25,29). The predicted molar refractivity (Wildman–Crippen MR) is 115 cm³/mol. The Morgan fingerprint density at radius 2 is 1.93 bits per heavy atom. The number of urea groups is 1. The summed E-state index contributed by atoms with van der Waals surface area (Å²) in [5, 5.41) is 11.2. The van der Waals surface area contributed by atoms with Gasteiger partial charge in [-0.25, -0.2) is 9.48 Å². The van der Waals surface area contributed by atoms with Gasteiger partial charge in [0.15, 0.2) is 0 Å². The number of rotatable bonds is 7. The molecular weight excluding hydrogens is 362 g/mol. The van der Waals surface area contributed by atoms with Crippen LogP contribution in [-0.4, -0.2) is 46.9 Å². The molecule has 1 aliphatic rings. The molecule has 2 amide bonds. The molecule has 150 valence electrons. The van der Waals surface area contributed by atoms with E-state index in [-0.39, 0.29) is 6.03 Å². The number of hydrogen-bond acceptors (Lipinski definition) is 3. The van der Waals surface area contributed by atoms with Crippen LogP contribution in [0.1, 0.15) is 16.7 Å². The largest absolute Gasteiger partial charge is 0.336 e. The number of amides is 2. The fourth-order valence-corrected chi connectivity index (χ4v) is 3.57. The van der Waals surface area contributed by atoms with E-state index >= 15 is 0 Å². The van der Waals surface area contributed by atoms with Gasteiger partial charge in [0.25, 0.3) is 0 Å².